The maximum Gasteiger partial charge on any atom is 0.306 e. The van der Waals surface area contributed by atoms with E-state index in [1.54, 1.807) is 0 Å². The van der Waals surface area contributed by atoms with Crippen LogP contribution in [0.2, 0.25) is 0 Å². The average Bonchev–Trinajstić information content (AvgIpc) is 2.88. The summed E-state index contributed by atoms with van der Waals surface area (Å²) in [6.45, 7) is 6.37. The van der Waals surface area contributed by atoms with Crippen LogP contribution < -0.4 is 5.59 Å². The third-order valence-electron chi connectivity index (χ3n) is 3.23. The van der Waals surface area contributed by atoms with Crippen molar-refractivity contribution in [2.75, 3.05) is 19.8 Å². The van der Waals surface area contributed by atoms with Crippen molar-refractivity contribution >= 4 is 5.97 Å². The molecule has 1 saturated heterocycles. The number of aliphatic hydroxyl groups is 1. The lowest BCUT2D eigenvalue weighted by Gasteiger charge is -2.19. The van der Waals surface area contributed by atoms with Crippen LogP contribution in [-0.2, 0) is 14.4 Å². The second kappa shape index (κ2) is 8.89. The average molecular weight is 318 g/mol. The molecule has 1 fully saturated rings. The normalized spacial score (nSPS) is 18.4. The predicted molar refractivity (Wildman–Crippen MR) is 79.2 cm³/mol. The number of unbranched alkanes of at least 4 members (excludes halogenated alkanes) is 1. The molecule has 0 aromatic rings. The first-order valence-corrected chi connectivity index (χ1v) is 7.77. The van der Waals surface area contributed by atoms with E-state index in [1.807, 2.05) is 20.8 Å². The van der Waals surface area contributed by atoms with E-state index in [0.29, 0.717) is 37.4 Å². The number of esters is 1. The van der Waals surface area contributed by atoms with Crippen LogP contribution in [0.3, 0.4) is 0 Å². The highest BCUT2D eigenvalue weighted by Gasteiger charge is 2.35. The zero-order valence-corrected chi connectivity index (χ0v) is 13.7. The largest absolute Gasteiger partial charge is 0.460 e. The molecule has 0 unspecified atom stereocenters. The smallest absolute Gasteiger partial charge is 0.306 e. The molecule has 0 amide bonds. The third-order valence-corrected chi connectivity index (χ3v) is 3.23. The fourth-order valence-electron chi connectivity index (χ4n) is 2.23. The number of nitroso groups, excluding NO2 is 1. The highest BCUT2D eigenvalue weighted by atomic mass is 16.7. The minimum Gasteiger partial charge on any atom is -0.460 e. The highest BCUT2D eigenvalue weighted by Crippen LogP contribution is 2.15. The van der Waals surface area contributed by atoms with Gasteiger partial charge in [0.2, 0.25) is 0 Å². The lowest BCUT2D eigenvalue weighted by molar-refractivity contribution is -0.791. The van der Waals surface area contributed by atoms with Crippen molar-refractivity contribution in [3.8, 4) is 0 Å². The summed E-state index contributed by atoms with van der Waals surface area (Å²) in [4.78, 5) is 28.8. The van der Waals surface area contributed by atoms with Crippen molar-refractivity contribution in [1.82, 2.24) is 10.6 Å². The molecule has 0 saturated carbocycles. The Morgan fingerprint density at radius 2 is 2.14 bits per heavy atom. The summed E-state index contributed by atoms with van der Waals surface area (Å²) in [5.41, 5.74) is 1.83. The second-order valence-corrected chi connectivity index (χ2v) is 6.40. The van der Waals surface area contributed by atoms with Crippen LogP contribution >= 0.6 is 0 Å². The third kappa shape index (κ3) is 7.04. The Kier molecular flexibility index (Phi) is 7.53. The van der Waals surface area contributed by atoms with Gasteiger partial charge >= 0.3 is 5.97 Å². The van der Waals surface area contributed by atoms with Crippen molar-refractivity contribution in [3.63, 3.8) is 0 Å². The molecule has 1 atom stereocenters. The SMILES string of the molecule is CC(C)(C)OC(=O)CCCCON[N+](=O)N1CCC[C@H]1CO. The van der Waals surface area contributed by atoms with Gasteiger partial charge in [0.15, 0.2) is 0 Å². The fraction of sp³-hybridized carbons (Fsp3) is 0.929. The number of carbonyl (C=O) groups is 1. The summed E-state index contributed by atoms with van der Waals surface area (Å²) >= 11 is 0. The predicted octanol–water partition coefficient (Wildman–Crippen LogP) is 1.09. The number of carbonyl (C=O) groups excluding carboxylic acids is 1. The Bertz CT molecular complexity index is 370. The molecule has 1 aliphatic rings. The van der Waals surface area contributed by atoms with Crippen molar-refractivity contribution in [3.05, 3.63) is 4.91 Å². The summed E-state index contributed by atoms with van der Waals surface area (Å²) in [7, 11) is 0. The minimum atomic E-state index is -0.461. The zero-order valence-electron chi connectivity index (χ0n) is 13.7. The van der Waals surface area contributed by atoms with E-state index in [-0.39, 0.29) is 18.6 Å². The molecule has 1 rings (SSSR count). The number of nitrogens with zero attached hydrogens (tertiary/aromatic N) is 2. The van der Waals surface area contributed by atoms with Gasteiger partial charge in [-0.05, 0) is 46.5 Å². The maximum absolute atomic E-state index is 11.7. The molecule has 8 nitrogen and oxygen atoms in total. The Morgan fingerprint density at radius 1 is 1.41 bits per heavy atom. The van der Waals surface area contributed by atoms with Crippen molar-refractivity contribution in [1.29, 1.82) is 0 Å². The van der Waals surface area contributed by atoms with E-state index in [2.05, 4.69) is 5.59 Å². The van der Waals surface area contributed by atoms with Gasteiger partial charge < -0.3 is 9.84 Å². The molecule has 0 bridgehead atoms. The molecule has 0 radical (unpaired) electrons. The number of aliphatic hydroxyl groups excluding tert-OH is 1. The number of ether oxygens (including phenoxy) is 1. The van der Waals surface area contributed by atoms with Gasteiger partial charge in [0.25, 0.3) is 4.98 Å². The lowest BCUT2D eigenvalue weighted by Crippen LogP contribution is -2.46. The van der Waals surface area contributed by atoms with E-state index in [0.717, 1.165) is 12.8 Å². The molecule has 2 N–H and O–H groups in total. The molecule has 1 aliphatic heterocycles. The van der Waals surface area contributed by atoms with Gasteiger partial charge in [0, 0.05) is 12.0 Å². The molecule has 0 aliphatic carbocycles. The highest BCUT2D eigenvalue weighted by molar-refractivity contribution is 5.69. The van der Waals surface area contributed by atoms with Crippen LogP contribution in [0.5, 0.6) is 0 Å². The monoisotopic (exact) mass is 318 g/mol. The van der Waals surface area contributed by atoms with Crippen LogP contribution in [0.1, 0.15) is 52.9 Å². The summed E-state index contributed by atoms with van der Waals surface area (Å²) < 4.78 is 5.19. The van der Waals surface area contributed by atoms with Gasteiger partial charge in [0.1, 0.15) is 11.6 Å². The number of hydrogen-bond donors (Lipinski definition) is 2. The van der Waals surface area contributed by atoms with Gasteiger partial charge in [-0.3, -0.25) is 4.79 Å². The summed E-state index contributed by atoms with van der Waals surface area (Å²) in [6, 6.07) is -0.152. The Morgan fingerprint density at radius 3 is 2.77 bits per heavy atom. The summed E-state index contributed by atoms with van der Waals surface area (Å²) in [5, 5.41) is 10.6. The van der Waals surface area contributed by atoms with Crippen molar-refractivity contribution < 1.29 is 24.5 Å². The van der Waals surface area contributed by atoms with E-state index in [9.17, 15) is 9.70 Å². The minimum absolute atomic E-state index is 0.0453. The zero-order chi connectivity index (χ0) is 16.6. The summed E-state index contributed by atoms with van der Waals surface area (Å²) in [6.07, 6.45) is 3.29. The number of nitrogens with one attached hydrogen (secondary N) is 1. The Hall–Kier alpha value is -1.41. The standard InChI is InChI=1S/C14H28N3O5/c1-14(2,3)22-13(19)8-4-5-10-21-15-17(20)16-9-6-7-12(16)11-18/h12,18H,4-11H2,1-3H3,(H,15,20)/q+1/t12-/m0/s1. The van der Waals surface area contributed by atoms with E-state index in [4.69, 9.17) is 14.7 Å². The van der Waals surface area contributed by atoms with Crippen molar-refractivity contribution in [2.24, 2.45) is 0 Å². The van der Waals surface area contributed by atoms with Gasteiger partial charge in [-0.2, -0.15) is 0 Å². The van der Waals surface area contributed by atoms with E-state index < -0.39 is 5.60 Å². The van der Waals surface area contributed by atoms with Gasteiger partial charge in [-0.1, -0.05) is 0 Å². The first kappa shape index (κ1) is 18.6. The first-order chi connectivity index (χ1) is 10.3. The van der Waals surface area contributed by atoms with Gasteiger partial charge in [-0.25, -0.2) is 4.84 Å². The molecule has 8 heteroatoms. The number of hydrazine groups is 2. The molecule has 128 valence electrons. The quantitative estimate of drug-likeness (QED) is 0.284. The fourth-order valence-corrected chi connectivity index (χ4v) is 2.23. The summed E-state index contributed by atoms with van der Waals surface area (Å²) in [5.74, 6) is -0.228. The lowest BCUT2D eigenvalue weighted by atomic mass is 10.2. The molecular formula is C14H28N3O5+. The topological polar surface area (TPSA) is 91.1 Å². The number of hydrogen-bond acceptors (Lipinski definition) is 5. The van der Waals surface area contributed by atoms with Crippen LogP contribution in [0.15, 0.2) is 0 Å². The first-order valence-electron chi connectivity index (χ1n) is 7.77. The van der Waals surface area contributed by atoms with Crippen molar-refractivity contribution in [2.45, 2.75) is 64.5 Å². The Labute approximate surface area is 131 Å². The molecular weight excluding hydrogens is 290 g/mol. The molecule has 0 aromatic carbocycles. The Balaban J connectivity index is 2.06. The molecule has 0 aromatic heterocycles. The van der Waals surface area contributed by atoms with E-state index in [1.165, 1.54) is 5.01 Å². The van der Waals surface area contributed by atoms with Crippen LogP contribution in [0.4, 0.5) is 0 Å². The second-order valence-electron chi connectivity index (χ2n) is 6.40. The van der Waals surface area contributed by atoms with Crippen LogP contribution in [0.25, 0.3) is 0 Å². The van der Waals surface area contributed by atoms with Gasteiger partial charge in [-0.15, -0.1) is 5.01 Å². The molecule has 0 spiro atoms. The van der Waals surface area contributed by atoms with Crippen LogP contribution in [0, 0.1) is 4.91 Å². The van der Waals surface area contributed by atoms with Gasteiger partial charge in [0.05, 0.1) is 24.7 Å². The van der Waals surface area contributed by atoms with E-state index >= 15 is 0 Å². The van der Waals surface area contributed by atoms with Crippen LogP contribution in [-0.4, -0.2) is 52.5 Å². The number of rotatable bonds is 9. The molecule has 1 heterocycles. The molecule has 22 heavy (non-hydrogen) atoms. The maximum atomic E-state index is 11.7.